The normalized spacial score (nSPS) is 32.5. The van der Waals surface area contributed by atoms with Gasteiger partial charge in [-0.05, 0) is 25.8 Å². The van der Waals surface area contributed by atoms with Crippen molar-refractivity contribution >= 4 is 0 Å². The van der Waals surface area contributed by atoms with E-state index >= 15 is 0 Å². The second-order valence-electron chi connectivity index (χ2n) is 4.12. The Balaban J connectivity index is 1.77. The summed E-state index contributed by atoms with van der Waals surface area (Å²) < 4.78 is 5.36. The quantitative estimate of drug-likeness (QED) is 0.675. The molecular weight excluding hydrogens is 164 g/mol. The smallest absolute Gasteiger partial charge is 0.0595 e. The van der Waals surface area contributed by atoms with Gasteiger partial charge < -0.3 is 10.1 Å². The lowest BCUT2D eigenvalue weighted by atomic mass is 10.1. The van der Waals surface area contributed by atoms with Crippen molar-refractivity contribution in [1.29, 1.82) is 0 Å². The van der Waals surface area contributed by atoms with Crippen LogP contribution < -0.4 is 5.32 Å². The number of nitrogens with one attached hydrogen (secondary N) is 1. The zero-order valence-electron chi connectivity index (χ0n) is 8.46. The van der Waals surface area contributed by atoms with Crippen molar-refractivity contribution in [2.24, 2.45) is 0 Å². The number of piperidine rings is 1. The second kappa shape index (κ2) is 4.40. The lowest BCUT2D eigenvalue weighted by Gasteiger charge is -2.35. The van der Waals surface area contributed by atoms with Crippen LogP contribution in [0.25, 0.3) is 0 Å². The topological polar surface area (TPSA) is 24.5 Å². The Morgan fingerprint density at radius 1 is 1.23 bits per heavy atom. The first-order valence-electron chi connectivity index (χ1n) is 5.37. The van der Waals surface area contributed by atoms with Crippen molar-refractivity contribution in [2.75, 3.05) is 33.3 Å². The highest BCUT2D eigenvalue weighted by molar-refractivity contribution is 4.84. The highest BCUT2D eigenvalue weighted by Crippen LogP contribution is 2.17. The third kappa shape index (κ3) is 2.22. The number of likely N-dealkylation sites (tertiary alicyclic amines) is 1. The van der Waals surface area contributed by atoms with E-state index in [0.717, 1.165) is 6.04 Å². The molecule has 2 rings (SSSR count). The fraction of sp³-hybridized carbons (Fsp3) is 1.00. The number of ether oxygens (including phenoxy) is 1. The summed E-state index contributed by atoms with van der Waals surface area (Å²) >= 11 is 0. The molecule has 0 aromatic heterocycles. The molecule has 2 saturated heterocycles. The molecule has 2 heterocycles. The van der Waals surface area contributed by atoms with E-state index in [-0.39, 0.29) is 0 Å². The largest absolute Gasteiger partial charge is 0.381 e. The SMILES string of the molecule is COC1CCN(C2CCNC2)CC1. The van der Waals surface area contributed by atoms with Crippen LogP contribution >= 0.6 is 0 Å². The number of hydrogen-bond acceptors (Lipinski definition) is 3. The first kappa shape index (κ1) is 9.44. The van der Waals surface area contributed by atoms with Crippen LogP contribution in [0.2, 0.25) is 0 Å². The Labute approximate surface area is 80.4 Å². The summed E-state index contributed by atoms with van der Waals surface area (Å²) in [4.78, 5) is 2.62. The molecule has 2 aliphatic heterocycles. The molecule has 0 amide bonds. The van der Waals surface area contributed by atoms with Crippen molar-refractivity contribution < 1.29 is 4.74 Å². The lowest BCUT2D eigenvalue weighted by molar-refractivity contribution is 0.0299. The van der Waals surface area contributed by atoms with Crippen LogP contribution in [0, 0.1) is 0 Å². The summed E-state index contributed by atoms with van der Waals surface area (Å²) in [6.07, 6.45) is 4.28. The minimum atomic E-state index is 0.519. The van der Waals surface area contributed by atoms with Crippen LogP contribution in [-0.4, -0.2) is 50.3 Å². The number of nitrogens with zero attached hydrogens (tertiary/aromatic N) is 1. The Bertz CT molecular complexity index is 149. The first-order valence-corrected chi connectivity index (χ1v) is 5.37. The molecule has 0 bridgehead atoms. The van der Waals surface area contributed by atoms with E-state index < -0.39 is 0 Å². The Kier molecular flexibility index (Phi) is 3.19. The van der Waals surface area contributed by atoms with Gasteiger partial charge in [-0.25, -0.2) is 0 Å². The summed E-state index contributed by atoms with van der Waals surface area (Å²) in [6, 6.07) is 0.804. The monoisotopic (exact) mass is 184 g/mol. The summed E-state index contributed by atoms with van der Waals surface area (Å²) in [5.74, 6) is 0. The van der Waals surface area contributed by atoms with E-state index in [2.05, 4.69) is 10.2 Å². The van der Waals surface area contributed by atoms with Gasteiger partial charge in [-0.3, -0.25) is 4.90 Å². The lowest BCUT2D eigenvalue weighted by Crippen LogP contribution is -2.44. The predicted molar refractivity (Wildman–Crippen MR) is 52.9 cm³/mol. The Morgan fingerprint density at radius 2 is 2.00 bits per heavy atom. The molecule has 0 aromatic carbocycles. The van der Waals surface area contributed by atoms with Crippen LogP contribution in [0.5, 0.6) is 0 Å². The van der Waals surface area contributed by atoms with Gasteiger partial charge in [-0.2, -0.15) is 0 Å². The molecule has 1 atom stereocenters. The van der Waals surface area contributed by atoms with E-state index in [1.165, 1.54) is 45.4 Å². The molecule has 0 spiro atoms. The fourth-order valence-electron chi connectivity index (χ4n) is 2.43. The number of hydrogen-bond donors (Lipinski definition) is 1. The van der Waals surface area contributed by atoms with Crippen molar-refractivity contribution in [3.63, 3.8) is 0 Å². The van der Waals surface area contributed by atoms with E-state index in [4.69, 9.17) is 4.74 Å². The molecule has 1 unspecified atom stereocenters. The van der Waals surface area contributed by atoms with Crippen molar-refractivity contribution in [1.82, 2.24) is 10.2 Å². The van der Waals surface area contributed by atoms with Gasteiger partial charge in [0, 0.05) is 32.8 Å². The molecule has 0 saturated carbocycles. The molecule has 2 aliphatic rings. The zero-order valence-corrected chi connectivity index (χ0v) is 8.46. The van der Waals surface area contributed by atoms with Crippen LogP contribution in [0.3, 0.4) is 0 Å². The minimum Gasteiger partial charge on any atom is -0.381 e. The van der Waals surface area contributed by atoms with Crippen molar-refractivity contribution in [2.45, 2.75) is 31.4 Å². The van der Waals surface area contributed by atoms with Crippen LogP contribution in [-0.2, 0) is 4.74 Å². The second-order valence-corrected chi connectivity index (χ2v) is 4.12. The maximum absolute atomic E-state index is 5.36. The van der Waals surface area contributed by atoms with Gasteiger partial charge in [0.25, 0.3) is 0 Å². The summed E-state index contributed by atoms with van der Waals surface area (Å²) in [7, 11) is 1.83. The van der Waals surface area contributed by atoms with Gasteiger partial charge >= 0.3 is 0 Å². The number of methoxy groups -OCH3 is 1. The third-order valence-electron chi connectivity index (χ3n) is 3.36. The average Bonchev–Trinajstić information content (AvgIpc) is 2.71. The van der Waals surface area contributed by atoms with Crippen LogP contribution in [0.15, 0.2) is 0 Å². The molecule has 3 heteroatoms. The summed E-state index contributed by atoms with van der Waals surface area (Å²) in [6.45, 7) is 4.85. The zero-order chi connectivity index (χ0) is 9.10. The van der Waals surface area contributed by atoms with E-state index in [0.29, 0.717) is 6.10 Å². The Hall–Kier alpha value is -0.120. The molecule has 0 radical (unpaired) electrons. The molecule has 1 N–H and O–H groups in total. The molecule has 0 aliphatic carbocycles. The van der Waals surface area contributed by atoms with Crippen molar-refractivity contribution in [3.8, 4) is 0 Å². The first-order chi connectivity index (χ1) is 6.40. The molecule has 76 valence electrons. The van der Waals surface area contributed by atoms with E-state index in [9.17, 15) is 0 Å². The minimum absolute atomic E-state index is 0.519. The van der Waals surface area contributed by atoms with Gasteiger partial charge in [0.15, 0.2) is 0 Å². The van der Waals surface area contributed by atoms with Gasteiger partial charge in [0.2, 0.25) is 0 Å². The molecule has 3 nitrogen and oxygen atoms in total. The number of rotatable bonds is 2. The molecule has 13 heavy (non-hydrogen) atoms. The van der Waals surface area contributed by atoms with Gasteiger partial charge in [0.1, 0.15) is 0 Å². The maximum atomic E-state index is 5.36. The van der Waals surface area contributed by atoms with Crippen LogP contribution in [0.4, 0.5) is 0 Å². The molecule has 0 aromatic rings. The summed E-state index contributed by atoms with van der Waals surface area (Å²) in [5, 5.41) is 3.42. The molecule has 2 fully saturated rings. The van der Waals surface area contributed by atoms with Gasteiger partial charge in [-0.15, -0.1) is 0 Å². The maximum Gasteiger partial charge on any atom is 0.0595 e. The highest BCUT2D eigenvalue weighted by atomic mass is 16.5. The van der Waals surface area contributed by atoms with Crippen molar-refractivity contribution in [3.05, 3.63) is 0 Å². The fourth-order valence-corrected chi connectivity index (χ4v) is 2.43. The van der Waals surface area contributed by atoms with Gasteiger partial charge in [0.05, 0.1) is 6.10 Å². The highest BCUT2D eigenvalue weighted by Gasteiger charge is 2.26. The van der Waals surface area contributed by atoms with E-state index in [1.807, 2.05) is 7.11 Å². The van der Waals surface area contributed by atoms with Crippen LogP contribution in [0.1, 0.15) is 19.3 Å². The summed E-state index contributed by atoms with van der Waals surface area (Å²) in [5.41, 5.74) is 0. The predicted octanol–water partition coefficient (Wildman–Crippen LogP) is 0.459. The standard InChI is InChI=1S/C10H20N2O/c1-13-10-3-6-12(7-4-10)9-2-5-11-8-9/h9-11H,2-8H2,1H3. The third-order valence-corrected chi connectivity index (χ3v) is 3.36. The Morgan fingerprint density at radius 3 is 2.54 bits per heavy atom. The molecular formula is C10H20N2O. The average molecular weight is 184 g/mol. The van der Waals surface area contributed by atoms with E-state index in [1.54, 1.807) is 0 Å². The van der Waals surface area contributed by atoms with Gasteiger partial charge in [-0.1, -0.05) is 0 Å².